The van der Waals surface area contributed by atoms with Crippen molar-refractivity contribution >= 4 is 18.1 Å². The van der Waals surface area contributed by atoms with Gasteiger partial charge >= 0.3 is 5.97 Å². The van der Waals surface area contributed by atoms with E-state index in [1.165, 1.54) is 12.2 Å². The highest BCUT2D eigenvalue weighted by molar-refractivity contribution is 5.84. The van der Waals surface area contributed by atoms with Crippen molar-refractivity contribution in [2.75, 3.05) is 0 Å². The van der Waals surface area contributed by atoms with Crippen molar-refractivity contribution in [2.45, 2.75) is 6.92 Å². The van der Waals surface area contributed by atoms with Gasteiger partial charge in [0.25, 0.3) is 0 Å². The largest absolute Gasteiger partial charge is 0.475 e. The van der Waals surface area contributed by atoms with Crippen molar-refractivity contribution in [3.63, 3.8) is 0 Å². The highest BCUT2D eigenvalue weighted by Gasteiger charge is 2.07. The minimum Gasteiger partial charge on any atom is -0.475 e. The lowest BCUT2D eigenvalue weighted by Gasteiger charge is -1.93. The number of carboxylic acids is 1. The average molecular weight is 206 g/mol. The molecule has 0 aliphatic carbocycles. The molecule has 0 saturated carbocycles. The van der Waals surface area contributed by atoms with E-state index in [2.05, 4.69) is 6.58 Å². The molecule has 15 heavy (non-hydrogen) atoms. The van der Waals surface area contributed by atoms with E-state index < -0.39 is 5.97 Å². The number of rotatable bonds is 2. The Morgan fingerprint density at radius 2 is 2.27 bits per heavy atom. The topological polar surface area (TPSA) is 67.5 Å². The first-order chi connectivity index (χ1) is 7.10. The Hall–Kier alpha value is -2.10. The van der Waals surface area contributed by atoms with Crippen LogP contribution < -0.4 is 16.1 Å². The molecule has 1 heterocycles. The molecule has 0 atom stereocenters. The zero-order chi connectivity index (χ0) is 11.4. The molecule has 1 N–H and O–H groups in total. The van der Waals surface area contributed by atoms with Crippen LogP contribution in [0.3, 0.4) is 0 Å². The maximum atomic E-state index is 11.5. The summed E-state index contributed by atoms with van der Waals surface area (Å²) in [6.45, 7) is 5.13. The molecule has 0 bridgehead atoms. The third-order valence-electron chi connectivity index (χ3n) is 1.78. The van der Waals surface area contributed by atoms with Gasteiger partial charge in [0, 0.05) is 6.07 Å². The van der Waals surface area contributed by atoms with E-state index in [1.807, 2.05) is 0 Å². The van der Waals surface area contributed by atoms with E-state index in [0.29, 0.717) is 5.22 Å². The Morgan fingerprint density at radius 3 is 2.73 bits per heavy atom. The van der Waals surface area contributed by atoms with Crippen LogP contribution in [0.5, 0.6) is 0 Å². The Bertz CT molecular complexity index is 563. The minimum atomic E-state index is -1.27. The number of allylic oxidation sites excluding steroid dienone is 1. The van der Waals surface area contributed by atoms with Crippen molar-refractivity contribution in [2.24, 2.45) is 0 Å². The second kappa shape index (κ2) is 4.41. The van der Waals surface area contributed by atoms with Gasteiger partial charge in [0.1, 0.15) is 5.42 Å². The molecule has 1 aromatic rings. The molecule has 0 spiro atoms. The number of carboxylic acid groups (broad SMARTS) is 1. The maximum Gasteiger partial charge on any atom is 0.371 e. The van der Waals surface area contributed by atoms with Crippen molar-refractivity contribution in [3.05, 3.63) is 45.3 Å². The highest BCUT2D eigenvalue weighted by Crippen LogP contribution is 1.88. The lowest BCUT2D eigenvalue weighted by molar-refractivity contribution is 0.0656. The van der Waals surface area contributed by atoms with E-state index in [0.717, 1.165) is 6.07 Å². The predicted octanol–water partition coefficient (Wildman–Crippen LogP) is 0.105. The fourth-order valence-electron chi connectivity index (χ4n) is 1.14. The lowest BCUT2D eigenvalue weighted by atomic mass is 10.3. The number of hydrogen-bond acceptors (Lipinski definition) is 3. The summed E-state index contributed by atoms with van der Waals surface area (Å²) in [5.41, 5.74) is -0.174. The Labute approximate surface area is 85.5 Å². The maximum absolute atomic E-state index is 11.5. The lowest BCUT2D eigenvalue weighted by Crippen LogP contribution is -2.39. The van der Waals surface area contributed by atoms with Crippen LogP contribution in [0.25, 0.3) is 12.2 Å². The van der Waals surface area contributed by atoms with E-state index >= 15 is 0 Å². The summed E-state index contributed by atoms with van der Waals surface area (Å²) in [6, 6.07) is 0.956. The summed E-state index contributed by atoms with van der Waals surface area (Å²) < 4.78 is 5.02. The molecule has 78 valence electrons. The Morgan fingerprint density at radius 1 is 1.60 bits per heavy atom. The molecule has 0 aromatic carbocycles. The average Bonchev–Trinajstić information content (AvgIpc) is 2.17. The second-order valence-electron chi connectivity index (χ2n) is 2.75. The van der Waals surface area contributed by atoms with Gasteiger partial charge in [-0.2, -0.15) is 0 Å². The first kappa shape index (κ1) is 11.0. The van der Waals surface area contributed by atoms with E-state index in [4.69, 9.17) is 9.52 Å². The van der Waals surface area contributed by atoms with E-state index in [9.17, 15) is 9.59 Å². The summed E-state index contributed by atoms with van der Waals surface area (Å²) in [7, 11) is 0. The van der Waals surface area contributed by atoms with Crippen LogP contribution in [0.2, 0.25) is 0 Å². The van der Waals surface area contributed by atoms with Crippen LogP contribution >= 0.6 is 0 Å². The van der Waals surface area contributed by atoms with Crippen LogP contribution in [-0.2, 0) is 0 Å². The van der Waals surface area contributed by atoms with Crippen LogP contribution in [0.4, 0.5) is 0 Å². The van der Waals surface area contributed by atoms with E-state index in [-0.39, 0.29) is 16.6 Å². The number of hydrogen-bond donors (Lipinski definition) is 1. The number of carbonyl (C=O) groups is 1. The van der Waals surface area contributed by atoms with E-state index in [1.54, 1.807) is 13.0 Å². The van der Waals surface area contributed by atoms with Crippen LogP contribution in [0.1, 0.15) is 17.5 Å². The normalized spacial score (nSPS) is 12.9. The molecule has 0 aliphatic rings. The van der Waals surface area contributed by atoms with Gasteiger partial charge in [-0.25, -0.2) is 4.79 Å². The summed E-state index contributed by atoms with van der Waals surface area (Å²) in [6.07, 6.45) is 4.44. The third kappa shape index (κ3) is 2.22. The molecule has 0 saturated heterocycles. The van der Waals surface area contributed by atoms with Gasteiger partial charge in [-0.15, -0.1) is 0 Å². The summed E-state index contributed by atoms with van der Waals surface area (Å²) in [5, 5.41) is 9.02. The molecule has 1 rings (SSSR count). The molecule has 4 nitrogen and oxygen atoms in total. The zero-order valence-corrected chi connectivity index (χ0v) is 8.19. The monoisotopic (exact) mass is 206 g/mol. The molecule has 4 heteroatoms. The fraction of sp³-hybridized carbons (Fsp3) is 0.0909. The fourth-order valence-corrected chi connectivity index (χ4v) is 1.14. The van der Waals surface area contributed by atoms with Gasteiger partial charge in [0.15, 0.2) is 5.43 Å². The SMILES string of the molecule is C=C/C=c1/oc(C(=O)O)cc(=O)/c1=C/C. The zero-order valence-electron chi connectivity index (χ0n) is 8.19. The molecule has 0 aliphatic heterocycles. The van der Waals surface area contributed by atoms with Gasteiger partial charge < -0.3 is 9.52 Å². The van der Waals surface area contributed by atoms with Crippen LogP contribution in [-0.4, -0.2) is 11.1 Å². The quantitative estimate of drug-likeness (QED) is 0.745. The molecular weight excluding hydrogens is 196 g/mol. The van der Waals surface area contributed by atoms with Crippen molar-refractivity contribution in [1.82, 2.24) is 0 Å². The van der Waals surface area contributed by atoms with Crippen molar-refractivity contribution in [3.8, 4) is 0 Å². The summed E-state index contributed by atoms with van der Waals surface area (Å²) in [4.78, 5) is 22.1. The minimum absolute atomic E-state index is 0.206. The van der Waals surface area contributed by atoms with Crippen LogP contribution in [0.15, 0.2) is 27.9 Å². The van der Waals surface area contributed by atoms with Gasteiger partial charge in [-0.05, 0) is 13.0 Å². The van der Waals surface area contributed by atoms with Crippen molar-refractivity contribution in [1.29, 1.82) is 0 Å². The second-order valence-corrected chi connectivity index (χ2v) is 2.75. The van der Waals surface area contributed by atoms with Gasteiger partial charge in [0.05, 0.1) is 5.22 Å². The molecule has 0 amide bonds. The molecule has 0 unspecified atom stereocenters. The van der Waals surface area contributed by atoms with Gasteiger partial charge in [-0.3, -0.25) is 4.79 Å². The Balaban J connectivity index is 3.77. The summed E-state index contributed by atoms with van der Waals surface area (Å²) in [5.74, 6) is -1.65. The molecule has 0 radical (unpaired) electrons. The molecule has 1 aromatic heterocycles. The van der Waals surface area contributed by atoms with Gasteiger partial charge in [0.2, 0.25) is 5.76 Å². The first-order valence-electron chi connectivity index (χ1n) is 4.26. The smallest absolute Gasteiger partial charge is 0.371 e. The predicted molar refractivity (Wildman–Crippen MR) is 56.0 cm³/mol. The third-order valence-corrected chi connectivity index (χ3v) is 1.78. The van der Waals surface area contributed by atoms with Crippen molar-refractivity contribution < 1.29 is 14.3 Å². The van der Waals surface area contributed by atoms with Gasteiger partial charge in [-0.1, -0.05) is 18.7 Å². The highest BCUT2D eigenvalue weighted by atomic mass is 16.4. The van der Waals surface area contributed by atoms with Crippen LogP contribution in [0, 0.1) is 0 Å². The summed E-state index contributed by atoms with van der Waals surface area (Å²) >= 11 is 0. The number of aromatic carboxylic acids is 1. The standard InChI is InChI=1S/C11H10O4/c1-3-5-9-7(4-2)8(12)6-10(15-9)11(13)14/h3-6H,1H2,2H3,(H,13,14)/b7-4-,9-5+. The molecule has 0 fully saturated rings. The molecular formula is C11H10O4. The Kier molecular flexibility index (Phi) is 3.23. The first-order valence-corrected chi connectivity index (χ1v) is 4.26.